The second kappa shape index (κ2) is 5.49. The standard InChI is InChI=1S/C20H15N5O/c1-12-5-3-6-16(22-12)18-19(25-10-4-9-21-20(25)24-18)14-7-8-15-17(11-14)26-13(2)23-15/h3-11H,1-2H3. The quantitative estimate of drug-likeness (QED) is 0.481. The van der Waals surface area contributed by atoms with Crippen LogP contribution in [0.2, 0.25) is 0 Å². The first-order chi connectivity index (χ1) is 12.7. The molecule has 4 heterocycles. The highest BCUT2D eigenvalue weighted by molar-refractivity contribution is 5.85. The normalized spacial score (nSPS) is 11.5. The molecule has 0 saturated heterocycles. The Morgan fingerprint density at radius 2 is 1.88 bits per heavy atom. The fraction of sp³-hybridized carbons (Fsp3) is 0.100. The Morgan fingerprint density at radius 1 is 0.962 bits per heavy atom. The second-order valence-corrected chi connectivity index (χ2v) is 6.18. The number of rotatable bonds is 2. The average Bonchev–Trinajstić information content (AvgIpc) is 3.20. The number of nitrogens with zero attached hydrogens (tertiary/aromatic N) is 5. The summed E-state index contributed by atoms with van der Waals surface area (Å²) in [6.07, 6.45) is 3.70. The average molecular weight is 341 g/mol. The van der Waals surface area contributed by atoms with Gasteiger partial charge in [0.05, 0.1) is 11.4 Å². The van der Waals surface area contributed by atoms with Crippen LogP contribution in [0.4, 0.5) is 0 Å². The van der Waals surface area contributed by atoms with Crippen molar-refractivity contribution in [3.05, 3.63) is 66.4 Å². The first-order valence-electron chi connectivity index (χ1n) is 8.34. The van der Waals surface area contributed by atoms with Gasteiger partial charge >= 0.3 is 0 Å². The maximum absolute atomic E-state index is 5.71. The highest BCUT2D eigenvalue weighted by Crippen LogP contribution is 2.33. The van der Waals surface area contributed by atoms with Crippen LogP contribution in [0, 0.1) is 13.8 Å². The summed E-state index contributed by atoms with van der Waals surface area (Å²) < 4.78 is 7.69. The summed E-state index contributed by atoms with van der Waals surface area (Å²) in [5.41, 5.74) is 6.06. The zero-order chi connectivity index (χ0) is 17.7. The Balaban J connectivity index is 1.83. The maximum atomic E-state index is 5.71. The Hall–Kier alpha value is -3.54. The molecule has 0 radical (unpaired) electrons. The zero-order valence-corrected chi connectivity index (χ0v) is 14.3. The molecule has 26 heavy (non-hydrogen) atoms. The van der Waals surface area contributed by atoms with Crippen molar-refractivity contribution in [2.45, 2.75) is 13.8 Å². The lowest BCUT2D eigenvalue weighted by Gasteiger charge is -2.05. The van der Waals surface area contributed by atoms with Crippen LogP contribution in [0.1, 0.15) is 11.6 Å². The topological polar surface area (TPSA) is 69.1 Å². The molecule has 1 aromatic carbocycles. The number of aromatic nitrogens is 5. The van der Waals surface area contributed by atoms with Gasteiger partial charge < -0.3 is 4.42 Å². The van der Waals surface area contributed by atoms with Gasteiger partial charge in [-0.25, -0.2) is 15.0 Å². The first kappa shape index (κ1) is 14.8. The molecule has 0 aliphatic rings. The van der Waals surface area contributed by atoms with Gasteiger partial charge in [0, 0.05) is 30.6 Å². The SMILES string of the molecule is Cc1cccc(-c2nc3ncccn3c2-c2ccc3nc(C)oc3c2)n1. The third-order valence-corrected chi connectivity index (χ3v) is 4.30. The summed E-state index contributed by atoms with van der Waals surface area (Å²) in [7, 11) is 0. The van der Waals surface area contributed by atoms with E-state index in [1.165, 1.54) is 0 Å². The van der Waals surface area contributed by atoms with E-state index in [0.29, 0.717) is 11.7 Å². The van der Waals surface area contributed by atoms with Gasteiger partial charge in [-0.3, -0.25) is 9.38 Å². The summed E-state index contributed by atoms with van der Waals surface area (Å²) in [4.78, 5) is 18.1. The number of hydrogen-bond donors (Lipinski definition) is 0. The van der Waals surface area contributed by atoms with Crippen LogP contribution in [0.3, 0.4) is 0 Å². The van der Waals surface area contributed by atoms with E-state index in [1.807, 2.05) is 66.9 Å². The van der Waals surface area contributed by atoms with Gasteiger partial charge in [0.2, 0.25) is 5.78 Å². The van der Waals surface area contributed by atoms with Crippen LogP contribution in [0.25, 0.3) is 39.5 Å². The van der Waals surface area contributed by atoms with Gasteiger partial charge in [-0.2, -0.15) is 0 Å². The van der Waals surface area contributed by atoms with Crippen molar-refractivity contribution in [3.8, 4) is 22.6 Å². The number of fused-ring (bicyclic) bond motifs is 2. The van der Waals surface area contributed by atoms with Crippen LogP contribution in [-0.2, 0) is 0 Å². The number of aryl methyl sites for hydroxylation is 2. The van der Waals surface area contributed by atoms with Gasteiger partial charge in [0.15, 0.2) is 11.5 Å². The van der Waals surface area contributed by atoms with Gasteiger partial charge in [-0.1, -0.05) is 12.1 Å². The molecule has 0 spiro atoms. The largest absolute Gasteiger partial charge is 0.441 e. The molecule has 0 atom stereocenters. The Labute approximate surface area is 149 Å². The molecule has 0 saturated carbocycles. The van der Waals surface area contributed by atoms with Crippen molar-refractivity contribution in [1.82, 2.24) is 24.3 Å². The lowest BCUT2D eigenvalue weighted by Crippen LogP contribution is -1.92. The minimum atomic E-state index is 0.634. The Kier molecular flexibility index (Phi) is 3.12. The molecule has 0 aliphatic heterocycles. The lowest BCUT2D eigenvalue weighted by atomic mass is 10.1. The number of pyridine rings is 1. The van der Waals surface area contributed by atoms with Crippen molar-refractivity contribution in [2.24, 2.45) is 0 Å². The molecule has 0 aliphatic carbocycles. The van der Waals surface area contributed by atoms with E-state index < -0.39 is 0 Å². The van der Waals surface area contributed by atoms with E-state index >= 15 is 0 Å². The van der Waals surface area contributed by atoms with Crippen LogP contribution < -0.4 is 0 Å². The van der Waals surface area contributed by atoms with E-state index in [0.717, 1.165) is 39.4 Å². The third-order valence-electron chi connectivity index (χ3n) is 4.30. The minimum absolute atomic E-state index is 0.634. The second-order valence-electron chi connectivity index (χ2n) is 6.18. The molecule has 0 amide bonds. The van der Waals surface area contributed by atoms with Gasteiger partial charge in [0.25, 0.3) is 0 Å². The van der Waals surface area contributed by atoms with Crippen molar-refractivity contribution >= 4 is 16.9 Å². The van der Waals surface area contributed by atoms with E-state index in [-0.39, 0.29) is 0 Å². The van der Waals surface area contributed by atoms with Crippen LogP contribution in [-0.4, -0.2) is 24.3 Å². The smallest absolute Gasteiger partial charge is 0.234 e. The van der Waals surface area contributed by atoms with Crippen molar-refractivity contribution in [3.63, 3.8) is 0 Å². The monoisotopic (exact) mass is 341 g/mol. The number of imidazole rings is 1. The van der Waals surface area contributed by atoms with Gasteiger partial charge in [-0.15, -0.1) is 0 Å². The summed E-state index contributed by atoms with van der Waals surface area (Å²) in [6.45, 7) is 3.82. The van der Waals surface area contributed by atoms with Crippen molar-refractivity contribution < 1.29 is 4.42 Å². The molecule has 6 heteroatoms. The summed E-state index contributed by atoms with van der Waals surface area (Å²) in [5.74, 6) is 1.28. The summed E-state index contributed by atoms with van der Waals surface area (Å²) in [6, 6.07) is 13.8. The molecule has 6 nitrogen and oxygen atoms in total. The summed E-state index contributed by atoms with van der Waals surface area (Å²) in [5, 5.41) is 0. The van der Waals surface area contributed by atoms with Crippen molar-refractivity contribution in [1.29, 1.82) is 0 Å². The molecule has 0 unspecified atom stereocenters. The van der Waals surface area contributed by atoms with Gasteiger partial charge in [-0.05, 0) is 37.3 Å². The molecular formula is C20H15N5O. The molecule has 4 aromatic heterocycles. The zero-order valence-electron chi connectivity index (χ0n) is 14.3. The highest BCUT2D eigenvalue weighted by atomic mass is 16.3. The van der Waals surface area contributed by atoms with Crippen LogP contribution >= 0.6 is 0 Å². The van der Waals surface area contributed by atoms with Crippen molar-refractivity contribution in [2.75, 3.05) is 0 Å². The first-order valence-corrected chi connectivity index (χ1v) is 8.34. The number of benzene rings is 1. The van der Waals surface area contributed by atoms with Gasteiger partial charge in [0.1, 0.15) is 11.2 Å². The molecule has 0 bridgehead atoms. The highest BCUT2D eigenvalue weighted by Gasteiger charge is 2.18. The maximum Gasteiger partial charge on any atom is 0.234 e. The minimum Gasteiger partial charge on any atom is -0.441 e. The summed E-state index contributed by atoms with van der Waals surface area (Å²) >= 11 is 0. The fourth-order valence-corrected chi connectivity index (χ4v) is 3.20. The van der Waals surface area contributed by atoms with Crippen LogP contribution in [0.15, 0.2) is 59.3 Å². The molecular weight excluding hydrogens is 326 g/mol. The Bertz CT molecular complexity index is 1270. The fourth-order valence-electron chi connectivity index (χ4n) is 3.20. The lowest BCUT2D eigenvalue weighted by molar-refractivity contribution is 0.561. The third kappa shape index (κ3) is 2.27. The molecule has 126 valence electrons. The molecule has 0 fully saturated rings. The Morgan fingerprint density at radius 3 is 2.77 bits per heavy atom. The van der Waals surface area contributed by atoms with E-state index in [1.54, 1.807) is 6.20 Å². The number of oxazole rings is 1. The molecule has 5 rings (SSSR count). The predicted molar refractivity (Wildman–Crippen MR) is 98.7 cm³/mol. The molecule has 5 aromatic rings. The van der Waals surface area contributed by atoms with E-state index in [2.05, 4.69) is 15.0 Å². The number of hydrogen-bond acceptors (Lipinski definition) is 5. The molecule has 0 N–H and O–H groups in total. The van der Waals surface area contributed by atoms with Crippen LogP contribution in [0.5, 0.6) is 0 Å². The van der Waals surface area contributed by atoms with E-state index in [4.69, 9.17) is 9.40 Å². The van der Waals surface area contributed by atoms with E-state index in [9.17, 15) is 0 Å². The predicted octanol–water partition coefficient (Wildman–Crippen LogP) is 4.22.